The van der Waals surface area contributed by atoms with Gasteiger partial charge in [-0.2, -0.15) is 0 Å². The molecule has 1 aromatic carbocycles. The molecule has 0 bridgehead atoms. The standard InChI is InChI=1S/C18H20N4O2S2/c1-3-13-7-5-6-8-15(13)19-16-10-11-17(21-20-16)22-26(23,24)18-12-9-14(4-2)25-18/h5-12H,3-4H2,1-2H3,(H,19,20)(H,21,22). The van der Waals surface area contributed by atoms with E-state index in [1.807, 2.05) is 37.3 Å². The molecule has 0 spiro atoms. The third kappa shape index (κ3) is 4.20. The highest BCUT2D eigenvalue weighted by molar-refractivity contribution is 7.94. The summed E-state index contributed by atoms with van der Waals surface area (Å²) >= 11 is 1.26. The molecule has 0 aliphatic rings. The minimum absolute atomic E-state index is 0.186. The van der Waals surface area contributed by atoms with Gasteiger partial charge in [-0.3, -0.25) is 4.72 Å². The number of benzene rings is 1. The summed E-state index contributed by atoms with van der Waals surface area (Å²) in [6, 6.07) is 14.7. The van der Waals surface area contributed by atoms with Gasteiger partial charge in [-0.15, -0.1) is 21.5 Å². The number of hydrogen-bond acceptors (Lipinski definition) is 6. The van der Waals surface area contributed by atoms with Gasteiger partial charge < -0.3 is 5.32 Å². The van der Waals surface area contributed by atoms with E-state index in [4.69, 9.17) is 0 Å². The molecule has 0 fully saturated rings. The van der Waals surface area contributed by atoms with Crippen LogP contribution in [-0.4, -0.2) is 18.6 Å². The molecule has 0 aliphatic carbocycles. The molecule has 2 N–H and O–H groups in total. The third-order valence-corrected chi connectivity index (χ3v) is 6.89. The topological polar surface area (TPSA) is 84.0 Å². The lowest BCUT2D eigenvalue weighted by Gasteiger charge is -2.10. The van der Waals surface area contributed by atoms with Crippen molar-refractivity contribution in [3.63, 3.8) is 0 Å². The second kappa shape index (κ2) is 7.84. The summed E-state index contributed by atoms with van der Waals surface area (Å²) in [5.74, 6) is 0.740. The molecule has 2 aromatic heterocycles. The van der Waals surface area contributed by atoms with Crippen molar-refractivity contribution in [3.8, 4) is 0 Å². The van der Waals surface area contributed by atoms with Crippen molar-refractivity contribution in [3.05, 3.63) is 59.0 Å². The van der Waals surface area contributed by atoms with Gasteiger partial charge in [0.15, 0.2) is 11.6 Å². The number of hydrogen-bond donors (Lipinski definition) is 2. The van der Waals surface area contributed by atoms with Gasteiger partial charge in [0, 0.05) is 10.6 Å². The quantitative estimate of drug-likeness (QED) is 0.633. The van der Waals surface area contributed by atoms with Crippen LogP contribution >= 0.6 is 11.3 Å². The average molecular weight is 389 g/mol. The molecular weight excluding hydrogens is 368 g/mol. The summed E-state index contributed by atoms with van der Waals surface area (Å²) in [4.78, 5) is 1.02. The average Bonchev–Trinajstić information content (AvgIpc) is 3.14. The first kappa shape index (κ1) is 18.3. The first-order valence-electron chi connectivity index (χ1n) is 8.32. The van der Waals surface area contributed by atoms with Crippen LogP contribution < -0.4 is 10.0 Å². The Balaban J connectivity index is 1.73. The van der Waals surface area contributed by atoms with E-state index in [1.165, 1.54) is 16.9 Å². The van der Waals surface area contributed by atoms with E-state index in [-0.39, 0.29) is 10.0 Å². The third-order valence-electron chi connectivity index (χ3n) is 3.81. The molecule has 0 atom stereocenters. The predicted octanol–water partition coefficient (Wildman–Crippen LogP) is 4.21. The number of nitrogens with zero attached hydrogens (tertiary/aromatic N) is 2. The molecule has 0 radical (unpaired) electrons. The van der Waals surface area contributed by atoms with Crippen molar-refractivity contribution in [2.45, 2.75) is 30.9 Å². The highest BCUT2D eigenvalue weighted by atomic mass is 32.2. The number of sulfonamides is 1. The van der Waals surface area contributed by atoms with Gasteiger partial charge in [-0.25, -0.2) is 8.42 Å². The van der Waals surface area contributed by atoms with E-state index in [0.717, 1.165) is 23.4 Å². The van der Waals surface area contributed by atoms with Crippen molar-refractivity contribution < 1.29 is 8.42 Å². The maximum absolute atomic E-state index is 12.4. The van der Waals surface area contributed by atoms with Gasteiger partial charge in [0.1, 0.15) is 4.21 Å². The molecule has 136 valence electrons. The Bertz CT molecular complexity index is 982. The lowest BCUT2D eigenvalue weighted by atomic mass is 10.1. The SMILES string of the molecule is CCc1ccc(S(=O)(=O)Nc2ccc(Nc3ccccc3CC)nn2)s1. The monoisotopic (exact) mass is 388 g/mol. The molecular formula is C18H20N4O2S2. The molecule has 0 amide bonds. The smallest absolute Gasteiger partial charge is 0.272 e. The van der Waals surface area contributed by atoms with Crippen LogP contribution in [0, 0.1) is 0 Å². The minimum atomic E-state index is -3.64. The Labute approximate surface area is 157 Å². The van der Waals surface area contributed by atoms with Crippen molar-refractivity contribution in [1.29, 1.82) is 0 Å². The molecule has 3 aromatic rings. The van der Waals surface area contributed by atoms with Crippen LogP contribution in [-0.2, 0) is 22.9 Å². The van der Waals surface area contributed by atoms with Gasteiger partial charge in [0.05, 0.1) is 0 Å². The zero-order chi connectivity index (χ0) is 18.6. The first-order chi connectivity index (χ1) is 12.5. The van der Waals surface area contributed by atoms with Gasteiger partial charge in [-0.05, 0) is 48.7 Å². The molecule has 6 nitrogen and oxygen atoms in total. The number of para-hydroxylation sites is 1. The summed E-state index contributed by atoms with van der Waals surface area (Å²) < 4.78 is 27.6. The van der Waals surface area contributed by atoms with Crippen LogP contribution in [0.4, 0.5) is 17.3 Å². The number of anilines is 3. The number of thiophene rings is 1. The zero-order valence-corrected chi connectivity index (χ0v) is 16.2. The lowest BCUT2D eigenvalue weighted by molar-refractivity contribution is 0.603. The minimum Gasteiger partial charge on any atom is -0.339 e. The van der Waals surface area contributed by atoms with Crippen molar-refractivity contribution in [2.75, 3.05) is 10.0 Å². The number of aryl methyl sites for hydroxylation is 2. The summed E-state index contributed by atoms with van der Waals surface area (Å²) in [6.45, 7) is 4.07. The van der Waals surface area contributed by atoms with Crippen LogP contribution in [0.1, 0.15) is 24.3 Å². The molecule has 0 aliphatic heterocycles. The van der Waals surface area contributed by atoms with Gasteiger partial charge in [0.25, 0.3) is 10.0 Å². The summed E-state index contributed by atoms with van der Waals surface area (Å²) in [5, 5.41) is 11.2. The van der Waals surface area contributed by atoms with Gasteiger partial charge in [0.2, 0.25) is 0 Å². The van der Waals surface area contributed by atoms with Crippen LogP contribution in [0.15, 0.2) is 52.7 Å². The molecule has 26 heavy (non-hydrogen) atoms. The molecule has 0 saturated carbocycles. The largest absolute Gasteiger partial charge is 0.339 e. The Morgan fingerprint density at radius 2 is 1.65 bits per heavy atom. The van der Waals surface area contributed by atoms with Gasteiger partial charge >= 0.3 is 0 Å². The molecule has 2 heterocycles. The zero-order valence-electron chi connectivity index (χ0n) is 14.6. The fourth-order valence-corrected chi connectivity index (χ4v) is 4.71. The maximum atomic E-state index is 12.4. The van der Waals surface area contributed by atoms with E-state index in [9.17, 15) is 8.42 Å². The highest BCUT2D eigenvalue weighted by Crippen LogP contribution is 2.24. The van der Waals surface area contributed by atoms with Crippen molar-refractivity contribution in [2.24, 2.45) is 0 Å². The predicted molar refractivity (Wildman–Crippen MR) is 106 cm³/mol. The van der Waals surface area contributed by atoms with Crippen molar-refractivity contribution >= 4 is 38.7 Å². The van der Waals surface area contributed by atoms with Crippen molar-refractivity contribution in [1.82, 2.24) is 10.2 Å². The summed E-state index contributed by atoms with van der Waals surface area (Å²) in [7, 11) is -3.64. The highest BCUT2D eigenvalue weighted by Gasteiger charge is 2.17. The Morgan fingerprint density at radius 3 is 2.31 bits per heavy atom. The van der Waals surface area contributed by atoms with Gasteiger partial charge in [-0.1, -0.05) is 32.0 Å². The number of nitrogens with one attached hydrogen (secondary N) is 2. The van der Waals surface area contributed by atoms with E-state index in [1.54, 1.807) is 18.2 Å². The second-order valence-corrected chi connectivity index (χ2v) is 8.70. The first-order valence-corrected chi connectivity index (χ1v) is 10.6. The molecule has 0 saturated heterocycles. The lowest BCUT2D eigenvalue weighted by Crippen LogP contribution is -2.13. The van der Waals surface area contributed by atoms with Crippen LogP contribution in [0.25, 0.3) is 0 Å². The number of rotatable bonds is 7. The van der Waals surface area contributed by atoms with E-state index >= 15 is 0 Å². The fourth-order valence-electron chi connectivity index (χ4n) is 2.42. The normalized spacial score (nSPS) is 11.3. The fraction of sp³-hybridized carbons (Fsp3) is 0.222. The van der Waals surface area contributed by atoms with Crippen LogP contribution in [0.5, 0.6) is 0 Å². The summed E-state index contributed by atoms with van der Waals surface area (Å²) in [6.07, 6.45) is 1.70. The molecule has 3 rings (SSSR count). The van der Waals surface area contributed by atoms with E-state index in [0.29, 0.717) is 5.82 Å². The Hall–Kier alpha value is -2.45. The second-order valence-electron chi connectivity index (χ2n) is 5.62. The number of aromatic nitrogens is 2. The Morgan fingerprint density at radius 1 is 0.923 bits per heavy atom. The molecule has 8 heteroatoms. The van der Waals surface area contributed by atoms with Crippen LogP contribution in [0.3, 0.4) is 0 Å². The summed E-state index contributed by atoms with van der Waals surface area (Å²) in [5.41, 5.74) is 2.13. The Kier molecular flexibility index (Phi) is 5.53. The van der Waals surface area contributed by atoms with E-state index in [2.05, 4.69) is 27.2 Å². The van der Waals surface area contributed by atoms with E-state index < -0.39 is 10.0 Å². The molecule has 0 unspecified atom stereocenters. The van der Waals surface area contributed by atoms with Crippen LogP contribution in [0.2, 0.25) is 0 Å². The maximum Gasteiger partial charge on any atom is 0.272 e.